The highest BCUT2D eigenvalue weighted by atomic mass is 32.2. The van der Waals surface area contributed by atoms with Crippen LogP contribution in [0.5, 0.6) is 0 Å². The van der Waals surface area contributed by atoms with Crippen molar-refractivity contribution in [1.29, 1.82) is 0 Å². The van der Waals surface area contributed by atoms with Gasteiger partial charge in [0.1, 0.15) is 5.82 Å². The summed E-state index contributed by atoms with van der Waals surface area (Å²) in [5.41, 5.74) is 2.85. The molecule has 0 aliphatic carbocycles. The molecule has 0 radical (unpaired) electrons. The lowest BCUT2D eigenvalue weighted by atomic mass is 10.2. The Balaban J connectivity index is 1.48. The lowest BCUT2D eigenvalue weighted by Crippen LogP contribution is -2.23. The van der Waals surface area contributed by atoms with Crippen molar-refractivity contribution in [2.75, 3.05) is 30.9 Å². The Morgan fingerprint density at radius 1 is 1.18 bits per heavy atom. The van der Waals surface area contributed by atoms with E-state index in [9.17, 15) is 18.0 Å². The Labute approximate surface area is 199 Å². The van der Waals surface area contributed by atoms with Gasteiger partial charge in [-0.05, 0) is 49.7 Å². The molecule has 1 saturated heterocycles. The molecule has 34 heavy (non-hydrogen) atoms. The number of carbonyl (C=O) groups is 2. The summed E-state index contributed by atoms with van der Waals surface area (Å²) in [6.07, 6.45) is 2.03. The fourth-order valence-corrected chi connectivity index (χ4v) is 5.12. The highest BCUT2D eigenvalue weighted by Crippen LogP contribution is 2.25. The van der Waals surface area contributed by atoms with E-state index in [0.29, 0.717) is 37.1 Å². The van der Waals surface area contributed by atoms with E-state index in [1.54, 1.807) is 29.2 Å². The number of amides is 2. The van der Waals surface area contributed by atoms with Gasteiger partial charge in [-0.15, -0.1) is 0 Å². The predicted molar refractivity (Wildman–Crippen MR) is 131 cm³/mol. The van der Waals surface area contributed by atoms with Crippen LogP contribution >= 0.6 is 0 Å². The molecule has 10 heteroatoms. The molecule has 2 aromatic carbocycles. The molecule has 3 aromatic rings. The maximum Gasteiger partial charge on any atom is 0.242 e. The summed E-state index contributed by atoms with van der Waals surface area (Å²) < 4.78 is 28.1. The second-order valence-corrected chi connectivity index (χ2v) is 10.6. The molecule has 0 unspecified atom stereocenters. The van der Waals surface area contributed by atoms with Gasteiger partial charge in [0.25, 0.3) is 0 Å². The number of imidazole rings is 1. The zero-order chi connectivity index (χ0) is 24.5. The molecule has 9 nitrogen and oxygen atoms in total. The Bertz CT molecular complexity index is 1350. The molecule has 1 N–H and O–H groups in total. The highest BCUT2D eigenvalue weighted by molar-refractivity contribution is 7.89. The fourth-order valence-electron chi connectivity index (χ4n) is 4.20. The molecule has 2 amide bonds. The number of benzene rings is 2. The quantitative estimate of drug-likeness (QED) is 0.530. The van der Waals surface area contributed by atoms with Gasteiger partial charge in [-0.2, -0.15) is 0 Å². The van der Waals surface area contributed by atoms with Crippen molar-refractivity contribution in [1.82, 2.24) is 13.9 Å². The summed E-state index contributed by atoms with van der Waals surface area (Å²) in [6, 6.07) is 12.2. The van der Waals surface area contributed by atoms with Crippen LogP contribution in [-0.2, 0) is 32.6 Å². The maximum atomic E-state index is 12.6. The number of carbonyl (C=O) groups excluding carboxylic acids is 2. The van der Waals surface area contributed by atoms with Gasteiger partial charge < -0.3 is 14.8 Å². The Morgan fingerprint density at radius 3 is 2.65 bits per heavy atom. The molecule has 0 saturated carbocycles. The van der Waals surface area contributed by atoms with Crippen LogP contribution in [0.4, 0.5) is 11.4 Å². The number of sulfonamides is 1. The van der Waals surface area contributed by atoms with Gasteiger partial charge in [-0.3, -0.25) is 9.59 Å². The number of anilines is 2. The maximum absolute atomic E-state index is 12.6. The molecule has 0 spiro atoms. The third kappa shape index (κ3) is 4.69. The first-order valence-corrected chi connectivity index (χ1v) is 12.8. The molecular weight excluding hydrogens is 454 g/mol. The van der Waals surface area contributed by atoms with Gasteiger partial charge in [0.2, 0.25) is 21.8 Å². The van der Waals surface area contributed by atoms with Crippen molar-refractivity contribution < 1.29 is 18.0 Å². The van der Waals surface area contributed by atoms with E-state index < -0.39 is 10.0 Å². The fraction of sp³-hybridized carbons (Fsp3) is 0.375. The van der Waals surface area contributed by atoms with Crippen molar-refractivity contribution >= 4 is 44.2 Å². The molecule has 1 aliphatic heterocycles. The SMILES string of the molecule is CCn1c(CCC(=O)Nc2cccc(N3CCCC3=O)c2)nc2cc(S(=O)(=O)N(C)C)ccc21. The van der Waals surface area contributed by atoms with Crippen LogP contribution in [0.15, 0.2) is 47.4 Å². The van der Waals surface area contributed by atoms with Crippen LogP contribution in [0.3, 0.4) is 0 Å². The van der Waals surface area contributed by atoms with Crippen LogP contribution in [-0.4, -0.2) is 54.7 Å². The summed E-state index contributed by atoms with van der Waals surface area (Å²) in [4.78, 5) is 31.2. The minimum absolute atomic E-state index is 0.100. The van der Waals surface area contributed by atoms with Gasteiger partial charge in [0.05, 0.1) is 15.9 Å². The molecule has 180 valence electrons. The Hall–Kier alpha value is -3.24. The Morgan fingerprint density at radius 2 is 1.97 bits per heavy atom. The van der Waals surface area contributed by atoms with Gasteiger partial charge in [0, 0.05) is 57.8 Å². The minimum Gasteiger partial charge on any atom is -0.328 e. The molecular formula is C24H29N5O4S. The first-order chi connectivity index (χ1) is 16.2. The summed E-state index contributed by atoms with van der Waals surface area (Å²) >= 11 is 0. The van der Waals surface area contributed by atoms with Crippen LogP contribution in [0.1, 0.15) is 32.0 Å². The molecule has 1 aliphatic rings. The van der Waals surface area contributed by atoms with E-state index in [1.807, 2.05) is 29.7 Å². The van der Waals surface area contributed by atoms with Gasteiger partial charge >= 0.3 is 0 Å². The first-order valence-electron chi connectivity index (χ1n) is 11.3. The van der Waals surface area contributed by atoms with E-state index in [4.69, 9.17) is 0 Å². The smallest absolute Gasteiger partial charge is 0.242 e. The number of aryl methyl sites for hydroxylation is 2. The summed E-state index contributed by atoms with van der Waals surface area (Å²) in [6.45, 7) is 3.33. The zero-order valence-electron chi connectivity index (χ0n) is 19.6. The number of fused-ring (bicyclic) bond motifs is 1. The number of aromatic nitrogens is 2. The monoisotopic (exact) mass is 483 g/mol. The van der Waals surface area contributed by atoms with E-state index >= 15 is 0 Å². The topological polar surface area (TPSA) is 105 Å². The highest BCUT2D eigenvalue weighted by Gasteiger charge is 2.22. The largest absolute Gasteiger partial charge is 0.328 e. The van der Waals surface area contributed by atoms with Crippen LogP contribution in [0.25, 0.3) is 11.0 Å². The normalized spacial score (nSPS) is 14.4. The van der Waals surface area contributed by atoms with Crippen LogP contribution in [0.2, 0.25) is 0 Å². The Kier molecular flexibility index (Phi) is 6.72. The molecule has 0 bridgehead atoms. The zero-order valence-corrected chi connectivity index (χ0v) is 20.4. The molecule has 0 atom stereocenters. The van der Waals surface area contributed by atoms with Crippen molar-refractivity contribution in [2.45, 2.75) is 44.0 Å². The number of rotatable bonds is 8. The van der Waals surface area contributed by atoms with Crippen molar-refractivity contribution in [3.8, 4) is 0 Å². The van der Waals surface area contributed by atoms with Gasteiger partial charge in [0.15, 0.2) is 0 Å². The predicted octanol–water partition coefficient (Wildman–Crippen LogP) is 3.00. The molecule has 4 rings (SSSR count). The lowest BCUT2D eigenvalue weighted by Gasteiger charge is -2.16. The summed E-state index contributed by atoms with van der Waals surface area (Å²) in [5.74, 6) is 0.669. The van der Waals surface area contributed by atoms with Crippen molar-refractivity contribution in [3.63, 3.8) is 0 Å². The summed E-state index contributed by atoms with van der Waals surface area (Å²) in [5, 5.41) is 2.90. The standard InChI is InChI=1S/C24H29N5O4S/c1-4-28-21-11-10-19(34(32,33)27(2)3)16-20(21)26-22(28)12-13-23(30)25-17-7-5-8-18(15-17)29-14-6-9-24(29)31/h5,7-8,10-11,15-16H,4,6,9,12-14H2,1-3H3,(H,25,30). The van der Waals surface area contributed by atoms with E-state index in [1.165, 1.54) is 18.4 Å². The average Bonchev–Trinajstić information content (AvgIpc) is 3.39. The van der Waals surface area contributed by atoms with E-state index in [2.05, 4.69) is 10.3 Å². The van der Waals surface area contributed by atoms with E-state index in [0.717, 1.165) is 23.4 Å². The first kappa shape index (κ1) is 23.9. The van der Waals surface area contributed by atoms with Crippen molar-refractivity contribution in [2.24, 2.45) is 0 Å². The number of hydrogen-bond donors (Lipinski definition) is 1. The molecule has 1 fully saturated rings. The summed E-state index contributed by atoms with van der Waals surface area (Å²) in [7, 11) is -0.571. The number of hydrogen-bond acceptors (Lipinski definition) is 5. The average molecular weight is 484 g/mol. The second kappa shape index (κ2) is 9.55. The van der Waals surface area contributed by atoms with E-state index in [-0.39, 0.29) is 23.1 Å². The van der Waals surface area contributed by atoms with Crippen molar-refractivity contribution in [3.05, 3.63) is 48.3 Å². The third-order valence-electron chi connectivity index (χ3n) is 5.98. The van der Waals surface area contributed by atoms with Gasteiger partial charge in [-0.1, -0.05) is 6.07 Å². The third-order valence-corrected chi connectivity index (χ3v) is 7.80. The number of nitrogens with one attached hydrogen (secondary N) is 1. The lowest BCUT2D eigenvalue weighted by molar-refractivity contribution is -0.117. The number of nitrogens with zero attached hydrogens (tertiary/aromatic N) is 4. The minimum atomic E-state index is -3.56. The molecule has 1 aromatic heterocycles. The van der Waals surface area contributed by atoms with Crippen LogP contribution < -0.4 is 10.2 Å². The van der Waals surface area contributed by atoms with Crippen LogP contribution in [0, 0.1) is 0 Å². The second-order valence-electron chi connectivity index (χ2n) is 8.46. The molecule has 2 heterocycles. The van der Waals surface area contributed by atoms with Gasteiger partial charge in [-0.25, -0.2) is 17.7 Å².